The third kappa shape index (κ3) is 5.28. The van der Waals surface area contributed by atoms with Crippen LogP contribution in [-0.2, 0) is 5.75 Å². The van der Waals surface area contributed by atoms with Gasteiger partial charge in [0.2, 0.25) is 5.88 Å². The molecule has 0 aliphatic heterocycles. The SMILES string of the molecule is CSCc1cc(Oc2ccc3c(ccn3C(=O)/N=C(N)/C=C(\O)C(C)(C)C)c2C)ncn1. The van der Waals surface area contributed by atoms with Crippen molar-refractivity contribution in [3.63, 3.8) is 0 Å². The zero-order valence-electron chi connectivity index (χ0n) is 18.8. The molecular weight excluding hydrogens is 426 g/mol. The van der Waals surface area contributed by atoms with Crippen LogP contribution in [0, 0.1) is 12.3 Å². The zero-order chi connectivity index (χ0) is 23.5. The van der Waals surface area contributed by atoms with Crippen LogP contribution in [0.3, 0.4) is 0 Å². The van der Waals surface area contributed by atoms with Gasteiger partial charge >= 0.3 is 6.03 Å². The number of aromatic nitrogens is 3. The number of benzene rings is 1. The zero-order valence-corrected chi connectivity index (χ0v) is 19.6. The Kier molecular flexibility index (Phi) is 6.88. The molecule has 0 atom stereocenters. The summed E-state index contributed by atoms with van der Waals surface area (Å²) in [7, 11) is 0. The Balaban J connectivity index is 1.88. The Morgan fingerprint density at radius 2 is 2.06 bits per heavy atom. The molecule has 1 aromatic carbocycles. The molecule has 32 heavy (non-hydrogen) atoms. The van der Waals surface area contributed by atoms with Crippen molar-refractivity contribution in [1.82, 2.24) is 14.5 Å². The first-order chi connectivity index (χ1) is 15.1. The summed E-state index contributed by atoms with van der Waals surface area (Å²) in [6.07, 6.45) is 6.43. The molecular formula is C23H27N5O3S. The van der Waals surface area contributed by atoms with E-state index >= 15 is 0 Å². The number of hydrogen-bond acceptors (Lipinski definition) is 6. The molecule has 3 aromatic rings. The summed E-state index contributed by atoms with van der Waals surface area (Å²) in [6, 6.07) is 6.65. The summed E-state index contributed by atoms with van der Waals surface area (Å²) in [4.78, 5) is 25.0. The molecule has 3 N–H and O–H groups in total. The summed E-state index contributed by atoms with van der Waals surface area (Å²) in [6.45, 7) is 7.42. The highest BCUT2D eigenvalue weighted by Crippen LogP contribution is 2.31. The van der Waals surface area contributed by atoms with Gasteiger partial charge in [-0.2, -0.15) is 16.8 Å². The maximum absolute atomic E-state index is 12.7. The van der Waals surface area contributed by atoms with Crippen molar-refractivity contribution in [3.05, 3.63) is 59.9 Å². The lowest BCUT2D eigenvalue weighted by Gasteiger charge is -2.16. The minimum atomic E-state index is -0.555. The highest BCUT2D eigenvalue weighted by molar-refractivity contribution is 7.97. The number of amidine groups is 1. The van der Waals surface area contributed by atoms with E-state index in [1.807, 2.05) is 46.1 Å². The Morgan fingerprint density at radius 1 is 1.31 bits per heavy atom. The van der Waals surface area contributed by atoms with E-state index in [4.69, 9.17) is 10.5 Å². The number of hydrogen-bond donors (Lipinski definition) is 2. The molecule has 8 nitrogen and oxygen atoms in total. The molecule has 0 fully saturated rings. The molecule has 2 heterocycles. The van der Waals surface area contributed by atoms with E-state index < -0.39 is 11.4 Å². The lowest BCUT2D eigenvalue weighted by Crippen LogP contribution is -2.18. The minimum absolute atomic E-state index is 0.0481. The molecule has 0 aliphatic rings. The van der Waals surface area contributed by atoms with Crippen molar-refractivity contribution >= 4 is 34.5 Å². The van der Waals surface area contributed by atoms with E-state index in [1.54, 1.807) is 30.1 Å². The van der Waals surface area contributed by atoms with Gasteiger partial charge in [0, 0.05) is 40.5 Å². The maximum Gasteiger partial charge on any atom is 0.354 e. The number of thioether (sulfide) groups is 1. The van der Waals surface area contributed by atoms with Gasteiger partial charge in [0.25, 0.3) is 0 Å². The molecule has 1 amide bonds. The highest BCUT2D eigenvalue weighted by atomic mass is 32.2. The van der Waals surface area contributed by atoms with Gasteiger partial charge in [-0.3, -0.25) is 4.57 Å². The number of rotatable bonds is 5. The second-order valence-electron chi connectivity index (χ2n) is 8.29. The fourth-order valence-corrected chi connectivity index (χ4v) is 3.40. The van der Waals surface area contributed by atoms with Crippen LogP contribution in [0.5, 0.6) is 11.6 Å². The molecule has 3 rings (SSSR count). The molecule has 2 aromatic heterocycles. The number of aliphatic hydroxyl groups excluding tert-OH is 1. The monoisotopic (exact) mass is 453 g/mol. The van der Waals surface area contributed by atoms with Crippen LogP contribution < -0.4 is 10.5 Å². The van der Waals surface area contributed by atoms with Gasteiger partial charge in [-0.15, -0.1) is 0 Å². The molecule has 0 unspecified atom stereocenters. The lowest BCUT2D eigenvalue weighted by molar-refractivity contribution is 0.251. The molecule has 9 heteroatoms. The standard InChI is InChI=1S/C23H27N5O3S/c1-14-16-8-9-28(22(30)27-20(24)11-19(29)23(2,3)4)17(16)6-7-18(14)31-21-10-15(12-32-5)25-13-26-21/h6-11,13,29H,12H2,1-5H3,(H2,24,27,30)/b19-11-. The van der Waals surface area contributed by atoms with E-state index in [9.17, 15) is 9.90 Å². The van der Waals surface area contributed by atoms with Crippen LogP contribution in [0.4, 0.5) is 4.79 Å². The lowest BCUT2D eigenvalue weighted by atomic mass is 9.93. The molecule has 0 aliphatic carbocycles. The van der Waals surface area contributed by atoms with Crippen LogP contribution in [0.25, 0.3) is 10.9 Å². The number of nitrogens with zero attached hydrogens (tertiary/aromatic N) is 4. The van der Waals surface area contributed by atoms with Crippen LogP contribution >= 0.6 is 11.8 Å². The van der Waals surface area contributed by atoms with Gasteiger partial charge in [-0.1, -0.05) is 20.8 Å². The fraction of sp³-hybridized carbons (Fsp3) is 0.304. The van der Waals surface area contributed by atoms with Crippen molar-refractivity contribution in [2.45, 2.75) is 33.4 Å². The molecule has 0 saturated carbocycles. The first kappa shape index (κ1) is 23.3. The summed E-state index contributed by atoms with van der Waals surface area (Å²) < 4.78 is 7.38. The number of aryl methyl sites for hydroxylation is 1. The van der Waals surface area contributed by atoms with Gasteiger partial charge in [0.05, 0.1) is 11.2 Å². The molecule has 0 saturated heterocycles. The quantitative estimate of drug-likeness (QED) is 0.309. The number of allylic oxidation sites excluding steroid dienone is 1. The largest absolute Gasteiger partial charge is 0.512 e. The van der Waals surface area contributed by atoms with Gasteiger partial charge in [0.1, 0.15) is 23.7 Å². The van der Waals surface area contributed by atoms with Crippen molar-refractivity contribution in [2.24, 2.45) is 16.1 Å². The minimum Gasteiger partial charge on any atom is -0.512 e. The second kappa shape index (κ2) is 9.44. The highest BCUT2D eigenvalue weighted by Gasteiger charge is 2.17. The van der Waals surface area contributed by atoms with Crippen LogP contribution in [-0.4, -0.2) is 37.8 Å². The van der Waals surface area contributed by atoms with E-state index in [0.29, 0.717) is 17.1 Å². The third-order valence-electron chi connectivity index (χ3n) is 4.78. The van der Waals surface area contributed by atoms with Crippen molar-refractivity contribution < 1.29 is 14.6 Å². The van der Waals surface area contributed by atoms with Gasteiger partial charge in [-0.05, 0) is 31.4 Å². The van der Waals surface area contributed by atoms with Gasteiger partial charge in [0.15, 0.2) is 0 Å². The number of aliphatic imine (C=N–C) groups is 1. The molecule has 0 radical (unpaired) electrons. The Hall–Kier alpha value is -3.33. The smallest absolute Gasteiger partial charge is 0.354 e. The topological polar surface area (TPSA) is 116 Å². The maximum atomic E-state index is 12.7. The van der Waals surface area contributed by atoms with Crippen molar-refractivity contribution in [3.8, 4) is 11.6 Å². The number of nitrogens with two attached hydrogens (primary N) is 1. The summed E-state index contributed by atoms with van der Waals surface area (Å²) in [5.74, 6) is 1.86. The first-order valence-corrected chi connectivity index (χ1v) is 11.4. The van der Waals surface area contributed by atoms with Gasteiger partial charge < -0.3 is 15.6 Å². The number of aliphatic hydroxyl groups is 1. The average Bonchev–Trinajstić information content (AvgIpc) is 3.15. The van der Waals surface area contributed by atoms with E-state index in [2.05, 4.69) is 15.0 Å². The third-order valence-corrected chi connectivity index (χ3v) is 5.37. The normalized spacial score (nSPS) is 12.9. The van der Waals surface area contributed by atoms with Crippen molar-refractivity contribution in [1.29, 1.82) is 0 Å². The summed E-state index contributed by atoms with van der Waals surface area (Å²) in [5.41, 5.74) is 7.78. The van der Waals surface area contributed by atoms with Crippen LogP contribution in [0.15, 0.2) is 53.6 Å². The first-order valence-electron chi connectivity index (χ1n) is 9.98. The van der Waals surface area contributed by atoms with Crippen LogP contribution in [0.1, 0.15) is 32.0 Å². The van der Waals surface area contributed by atoms with E-state index in [1.165, 1.54) is 17.0 Å². The summed E-state index contributed by atoms with van der Waals surface area (Å²) in [5, 5.41) is 10.9. The molecule has 0 bridgehead atoms. The Labute approximate surface area is 191 Å². The number of carbonyl (C=O) groups excluding carboxylic acids is 1. The van der Waals surface area contributed by atoms with Crippen molar-refractivity contribution in [2.75, 3.05) is 6.26 Å². The van der Waals surface area contributed by atoms with E-state index in [0.717, 1.165) is 22.4 Å². The van der Waals surface area contributed by atoms with E-state index in [-0.39, 0.29) is 11.6 Å². The van der Waals surface area contributed by atoms with Gasteiger partial charge in [-0.25, -0.2) is 14.8 Å². The second-order valence-corrected chi connectivity index (χ2v) is 9.15. The number of ether oxygens (including phenoxy) is 1. The predicted octanol–water partition coefficient (Wildman–Crippen LogP) is 5.21. The number of carbonyl (C=O) groups is 1. The van der Waals surface area contributed by atoms with Crippen LogP contribution in [0.2, 0.25) is 0 Å². The predicted molar refractivity (Wildman–Crippen MR) is 129 cm³/mol. The Bertz CT molecular complexity index is 1210. The number of amides is 1. The Morgan fingerprint density at radius 3 is 2.75 bits per heavy atom. The summed E-state index contributed by atoms with van der Waals surface area (Å²) >= 11 is 1.67. The average molecular weight is 454 g/mol. The number of fused-ring (bicyclic) bond motifs is 1. The molecule has 0 spiro atoms. The molecule has 168 valence electrons. The fourth-order valence-electron chi connectivity index (χ4n) is 2.95.